The van der Waals surface area contributed by atoms with E-state index >= 15 is 0 Å². The summed E-state index contributed by atoms with van der Waals surface area (Å²) in [7, 11) is 0. The van der Waals surface area contributed by atoms with Crippen molar-refractivity contribution in [3.05, 3.63) is 30.1 Å². The molecule has 0 spiro atoms. The molecule has 0 aromatic heterocycles. The third-order valence-corrected chi connectivity index (χ3v) is 2.41. The minimum absolute atomic E-state index is 0.0653. The highest BCUT2D eigenvalue weighted by Gasteiger charge is 2.19. The number of hydrogen-bond acceptors (Lipinski definition) is 3. The molecule has 3 nitrogen and oxygen atoms in total. The Labute approximate surface area is 95.0 Å². The molecule has 1 atom stereocenters. The Morgan fingerprint density at radius 1 is 1.47 bits per heavy atom. The minimum atomic E-state index is -0.273. The molecule has 5 heteroatoms. The van der Waals surface area contributed by atoms with Crippen molar-refractivity contribution in [2.75, 3.05) is 6.61 Å². The van der Waals surface area contributed by atoms with Crippen LogP contribution in [0.15, 0.2) is 29.4 Å². The summed E-state index contributed by atoms with van der Waals surface area (Å²) in [5.74, 6) is 0.355. The molecule has 15 heavy (non-hydrogen) atoms. The molecule has 80 valence electrons. The highest BCUT2D eigenvalue weighted by atomic mass is 79.9. The first-order valence-electron chi connectivity index (χ1n) is 4.50. The van der Waals surface area contributed by atoms with Crippen LogP contribution in [0.1, 0.15) is 6.42 Å². The summed E-state index contributed by atoms with van der Waals surface area (Å²) < 4.78 is 18.8. The molecule has 1 aliphatic rings. The van der Waals surface area contributed by atoms with Crippen LogP contribution in [0.4, 0.5) is 4.39 Å². The first kappa shape index (κ1) is 10.4. The summed E-state index contributed by atoms with van der Waals surface area (Å²) in [6.07, 6.45) is 0.644. The second kappa shape index (κ2) is 4.61. The molecular weight excluding hydrogens is 265 g/mol. The third-order valence-electron chi connectivity index (χ3n) is 1.95. The largest absolute Gasteiger partial charge is 0.490 e. The SMILES string of the molecule is Fc1ccc(OC[C@@H]2CC(Br)=NO2)cc1. The van der Waals surface area contributed by atoms with E-state index in [1.54, 1.807) is 12.1 Å². The smallest absolute Gasteiger partial charge is 0.167 e. The van der Waals surface area contributed by atoms with Crippen LogP contribution in [0.25, 0.3) is 0 Å². The zero-order valence-corrected chi connectivity index (χ0v) is 9.41. The third kappa shape index (κ3) is 2.92. The first-order valence-corrected chi connectivity index (χ1v) is 5.30. The van der Waals surface area contributed by atoms with Gasteiger partial charge in [-0.2, -0.15) is 0 Å². The molecule has 1 aromatic rings. The molecule has 2 rings (SSSR count). The zero-order chi connectivity index (χ0) is 10.7. The Morgan fingerprint density at radius 3 is 2.80 bits per heavy atom. The summed E-state index contributed by atoms with van der Waals surface area (Å²) in [5.41, 5.74) is 0. The first-order chi connectivity index (χ1) is 7.24. The van der Waals surface area contributed by atoms with Crippen molar-refractivity contribution < 1.29 is 14.0 Å². The van der Waals surface area contributed by atoms with Gasteiger partial charge in [-0.3, -0.25) is 0 Å². The summed E-state index contributed by atoms with van der Waals surface area (Å²) in [6.45, 7) is 0.407. The molecule has 1 aromatic carbocycles. The van der Waals surface area contributed by atoms with Gasteiger partial charge in [-0.1, -0.05) is 5.16 Å². The Balaban J connectivity index is 1.81. The van der Waals surface area contributed by atoms with E-state index in [0.29, 0.717) is 18.8 Å². The molecule has 1 aliphatic heterocycles. The predicted octanol–water partition coefficient (Wildman–Crippen LogP) is 2.70. The molecule has 0 bridgehead atoms. The molecule has 1 heterocycles. The lowest BCUT2D eigenvalue weighted by Gasteiger charge is -2.09. The number of nitrogens with zero attached hydrogens (tertiary/aromatic N) is 1. The predicted molar refractivity (Wildman–Crippen MR) is 57.7 cm³/mol. The number of halogens is 2. The maximum atomic E-state index is 12.6. The van der Waals surface area contributed by atoms with Gasteiger partial charge >= 0.3 is 0 Å². The lowest BCUT2D eigenvalue weighted by atomic mass is 10.3. The van der Waals surface area contributed by atoms with Gasteiger partial charge in [0.1, 0.15) is 22.8 Å². The van der Waals surface area contributed by atoms with Gasteiger partial charge in [0.2, 0.25) is 0 Å². The Kier molecular flexibility index (Phi) is 3.20. The van der Waals surface area contributed by atoms with Gasteiger partial charge in [0.15, 0.2) is 6.10 Å². The van der Waals surface area contributed by atoms with Crippen LogP contribution in [0.3, 0.4) is 0 Å². The second-order valence-electron chi connectivity index (χ2n) is 3.16. The van der Waals surface area contributed by atoms with E-state index in [0.717, 1.165) is 4.62 Å². The fraction of sp³-hybridized carbons (Fsp3) is 0.300. The van der Waals surface area contributed by atoms with E-state index in [9.17, 15) is 4.39 Å². The molecule has 0 fully saturated rings. The number of ether oxygens (including phenoxy) is 1. The quantitative estimate of drug-likeness (QED) is 0.848. The monoisotopic (exact) mass is 273 g/mol. The summed E-state index contributed by atoms with van der Waals surface area (Å²) in [6, 6.07) is 5.88. The fourth-order valence-corrected chi connectivity index (χ4v) is 1.65. The highest BCUT2D eigenvalue weighted by Crippen LogP contribution is 2.17. The normalized spacial score (nSPS) is 19.6. The average molecular weight is 274 g/mol. The molecule has 0 unspecified atom stereocenters. The van der Waals surface area contributed by atoms with Gasteiger partial charge in [0.25, 0.3) is 0 Å². The number of benzene rings is 1. The van der Waals surface area contributed by atoms with Crippen molar-refractivity contribution >= 4 is 20.6 Å². The van der Waals surface area contributed by atoms with Crippen molar-refractivity contribution in [1.82, 2.24) is 0 Å². The zero-order valence-electron chi connectivity index (χ0n) is 7.82. The van der Waals surface area contributed by atoms with Crippen molar-refractivity contribution in [2.45, 2.75) is 12.5 Å². The van der Waals surface area contributed by atoms with Crippen molar-refractivity contribution in [3.63, 3.8) is 0 Å². The van der Waals surface area contributed by atoms with Gasteiger partial charge in [0.05, 0.1) is 0 Å². The summed E-state index contributed by atoms with van der Waals surface area (Å²) in [4.78, 5) is 5.05. The lowest BCUT2D eigenvalue weighted by Crippen LogP contribution is -2.17. The van der Waals surface area contributed by atoms with Crippen LogP contribution in [-0.4, -0.2) is 17.3 Å². The molecule has 0 radical (unpaired) electrons. The fourth-order valence-electron chi connectivity index (χ4n) is 1.20. The van der Waals surface area contributed by atoms with E-state index in [1.807, 2.05) is 0 Å². The van der Waals surface area contributed by atoms with Crippen LogP contribution in [0.5, 0.6) is 5.75 Å². The minimum Gasteiger partial charge on any atom is -0.490 e. The molecule has 0 aliphatic carbocycles. The van der Waals surface area contributed by atoms with Gasteiger partial charge < -0.3 is 9.57 Å². The maximum Gasteiger partial charge on any atom is 0.167 e. The van der Waals surface area contributed by atoms with Gasteiger partial charge in [-0.15, -0.1) is 0 Å². The number of oxime groups is 1. The van der Waals surface area contributed by atoms with Gasteiger partial charge in [0, 0.05) is 6.42 Å². The van der Waals surface area contributed by atoms with Gasteiger partial charge in [-0.05, 0) is 40.2 Å². The summed E-state index contributed by atoms with van der Waals surface area (Å²) in [5, 5.41) is 3.74. The molecular formula is C10H9BrFNO2. The van der Waals surface area contributed by atoms with E-state index in [-0.39, 0.29) is 11.9 Å². The van der Waals surface area contributed by atoms with Crippen LogP contribution >= 0.6 is 15.9 Å². The molecule has 0 amide bonds. The van der Waals surface area contributed by atoms with Crippen LogP contribution in [0.2, 0.25) is 0 Å². The van der Waals surface area contributed by atoms with Crippen LogP contribution in [-0.2, 0) is 4.84 Å². The maximum absolute atomic E-state index is 12.6. The lowest BCUT2D eigenvalue weighted by molar-refractivity contribution is 0.0471. The van der Waals surface area contributed by atoms with Crippen molar-refractivity contribution in [2.24, 2.45) is 5.16 Å². The Morgan fingerprint density at radius 2 is 2.20 bits per heavy atom. The second-order valence-corrected chi connectivity index (χ2v) is 4.08. The highest BCUT2D eigenvalue weighted by molar-refractivity contribution is 9.18. The topological polar surface area (TPSA) is 30.8 Å². The Bertz CT molecular complexity index is 366. The van der Waals surface area contributed by atoms with Crippen molar-refractivity contribution in [3.8, 4) is 5.75 Å². The molecule has 0 N–H and O–H groups in total. The van der Waals surface area contributed by atoms with E-state index < -0.39 is 0 Å². The number of rotatable bonds is 3. The average Bonchev–Trinajstić information content (AvgIpc) is 2.64. The summed E-state index contributed by atoms with van der Waals surface area (Å²) >= 11 is 3.23. The van der Waals surface area contributed by atoms with E-state index in [2.05, 4.69) is 21.1 Å². The van der Waals surface area contributed by atoms with Gasteiger partial charge in [-0.25, -0.2) is 4.39 Å². The Hall–Kier alpha value is -1.10. The van der Waals surface area contributed by atoms with Crippen molar-refractivity contribution in [1.29, 1.82) is 0 Å². The molecule has 0 saturated heterocycles. The van der Waals surface area contributed by atoms with Crippen LogP contribution in [0, 0.1) is 5.82 Å². The van der Waals surface area contributed by atoms with E-state index in [4.69, 9.17) is 9.57 Å². The number of hydrogen-bond donors (Lipinski definition) is 0. The van der Waals surface area contributed by atoms with Crippen LogP contribution < -0.4 is 4.74 Å². The van der Waals surface area contributed by atoms with E-state index in [1.165, 1.54) is 12.1 Å². The standard InChI is InChI=1S/C10H9BrFNO2/c11-10-5-9(15-13-10)6-14-8-3-1-7(12)2-4-8/h1-4,9H,5-6H2/t9-/m0/s1. The molecule has 0 saturated carbocycles.